The lowest BCUT2D eigenvalue weighted by Gasteiger charge is -2.27. The molecule has 4 rings (SSSR count). The fourth-order valence-electron chi connectivity index (χ4n) is 3.66. The van der Waals surface area contributed by atoms with Crippen molar-refractivity contribution in [1.29, 1.82) is 0 Å². The maximum atomic E-state index is 13.4. The van der Waals surface area contributed by atoms with Crippen LogP contribution in [0.15, 0.2) is 66.9 Å². The second kappa shape index (κ2) is 10.1. The van der Waals surface area contributed by atoms with Gasteiger partial charge < -0.3 is 15.0 Å². The number of amides is 2. The summed E-state index contributed by atoms with van der Waals surface area (Å²) >= 11 is 0. The lowest BCUT2D eigenvalue weighted by atomic mass is 10.0. The molecule has 0 saturated carbocycles. The Balaban J connectivity index is 1.66. The standard InChI is InChI=1S/C25H26N4O3/c1-2-29-23(25(31)28-13-15-32-16-14-28)22(18-26-29)27-24(30)21(20-11-7-4-8-12-20)17-19-9-5-3-6-10-19/h3-12,17-18H,2,13-16H2,1H3,(H,27,30)/b21-17-. The summed E-state index contributed by atoms with van der Waals surface area (Å²) in [5.41, 5.74) is 3.00. The Hall–Kier alpha value is -3.71. The summed E-state index contributed by atoms with van der Waals surface area (Å²) in [7, 11) is 0. The molecule has 0 atom stereocenters. The molecular formula is C25H26N4O3. The van der Waals surface area contributed by atoms with Gasteiger partial charge in [-0.25, -0.2) is 0 Å². The summed E-state index contributed by atoms with van der Waals surface area (Å²) in [6.07, 6.45) is 3.39. The van der Waals surface area contributed by atoms with E-state index in [1.165, 1.54) is 0 Å². The van der Waals surface area contributed by atoms with Gasteiger partial charge in [0.1, 0.15) is 5.69 Å². The first-order valence-electron chi connectivity index (χ1n) is 10.7. The van der Waals surface area contributed by atoms with Crippen LogP contribution in [0.3, 0.4) is 0 Å². The van der Waals surface area contributed by atoms with Crippen LogP contribution in [-0.2, 0) is 16.1 Å². The highest BCUT2D eigenvalue weighted by Gasteiger charge is 2.26. The molecule has 32 heavy (non-hydrogen) atoms. The summed E-state index contributed by atoms with van der Waals surface area (Å²) in [6.45, 7) is 4.48. The Labute approximate surface area is 187 Å². The number of rotatable bonds is 6. The summed E-state index contributed by atoms with van der Waals surface area (Å²) in [5, 5.41) is 7.26. The van der Waals surface area contributed by atoms with Crippen LogP contribution in [0.1, 0.15) is 28.5 Å². The Morgan fingerprint density at radius 2 is 1.69 bits per heavy atom. The maximum Gasteiger partial charge on any atom is 0.274 e. The van der Waals surface area contributed by atoms with Crippen LogP contribution in [-0.4, -0.2) is 52.8 Å². The molecule has 1 aliphatic rings. The number of aromatic nitrogens is 2. The Bertz CT molecular complexity index is 1100. The number of morpholine rings is 1. The third kappa shape index (κ3) is 4.78. The molecule has 3 aromatic rings. The van der Waals surface area contributed by atoms with Crippen LogP contribution in [0.25, 0.3) is 11.6 Å². The van der Waals surface area contributed by atoms with Gasteiger partial charge in [-0.2, -0.15) is 5.10 Å². The van der Waals surface area contributed by atoms with Crippen LogP contribution < -0.4 is 5.32 Å². The minimum Gasteiger partial charge on any atom is -0.378 e. The first-order chi connectivity index (χ1) is 15.7. The van der Waals surface area contributed by atoms with Gasteiger partial charge in [-0.05, 0) is 24.1 Å². The molecule has 1 aromatic heterocycles. The second-order valence-corrected chi connectivity index (χ2v) is 7.42. The monoisotopic (exact) mass is 430 g/mol. The zero-order chi connectivity index (χ0) is 22.3. The third-order valence-corrected chi connectivity index (χ3v) is 5.33. The van der Waals surface area contributed by atoms with E-state index in [-0.39, 0.29) is 11.8 Å². The average molecular weight is 431 g/mol. The quantitative estimate of drug-likeness (QED) is 0.479. The van der Waals surface area contributed by atoms with Crippen molar-refractivity contribution >= 4 is 29.2 Å². The summed E-state index contributed by atoms with van der Waals surface area (Å²) < 4.78 is 6.98. The van der Waals surface area contributed by atoms with Crippen LogP contribution >= 0.6 is 0 Å². The SMILES string of the molecule is CCn1ncc(NC(=O)/C(=C\c2ccccc2)c2ccccc2)c1C(=O)N1CCOCC1. The van der Waals surface area contributed by atoms with E-state index in [2.05, 4.69) is 10.4 Å². The number of ether oxygens (including phenoxy) is 1. The van der Waals surface area contributed by atoms with Crippen molar-refractivity contribution in [1.82, 2.24) is 14.7 Å². The van der Waals surface area contributed by atoms with E-state index in [4.69, 9.17) is 4.74 Å². The number of benzene rings is 2. The van der Waals surface area contributed by atoms with E-state index in [9.17, 15) is 9.59 Å². The van der Waals surface area contributed by atoms with Crippen LogP contribution in [0.2, 0.25) is 0 Å². The molecule has 7 heteroatoms. The number of carbonyl (C=O) groups excluding carboxylic acids is 2. The molecule has 1 saturated heterocycles. The fraction of sp³-hybridized carbons (Fsp3) is 0.240. The van der Waals surface area contributed by atoms with E-state index < -0.39 is 0 Å². The highest BCUT2D eigenvalue weighted by Crippen LogP contribution is 2.23. The van der Waals surface area contributed by atoms with Crippen LogP contribution in [0.4, 0.5) is 5.69 Å². The summed E-state index contributed by atoms with van der Waals surface area (Å²) in [5.74, 6) is -0.456. The van der Waals surface area contributed by atoms with Crippen LogP contribution in [0.5, 0.6) is 0 Å². The minimum absolute atomic E-state index is 0.156. The van der Waals surface area contributed by atoms with Crippen molar-refractivity contribution in [3.05, 3.63) is 83.7 Å². The number of nitrogens with one attached hydrogen (secondary N) is 1. The highest BCUT2D eigenvalue weighted by atomic mass is 16.5. The van der Waals surface area contributed by atoms with E-state index in [0.29, 0.717) is 49.8 Å². The van der Waals surface area contributed by atoms with Gasteiger partial charge in [0, 0.05) is 25.2 Å². The summed E-state index contributed by atoms with van der Waals surface area (Å²) in [4.78, 5) is 28.4. The smallest absolute Gasteiger partial charge is 0.274 e. The summed E-state index contributed by atoms with van der Waals surface area (Å²) in [6, 6.07) is 19.2. The van der Waals surface area contributed by atoms with Crippen molar-refractivity contribution < 1.29 is 14.3 Å². The average Bonchev–Trinajstić information content (AvgIpc) is 3.26. The minimum atomic E-state index is -0.299. The highest BCUT2D eigenvalue weighted by molar-refractivity contribution is 6.29. The van der Waals surface area contributed by atoms with Crippen molar-refractivity contribution in [2.45, 2.75) is 13.5 Å². The van der Waals surface area contributed by atoms with Crippen molar-refractivity contribution in [2.75, 3.05) is 31.6 Å². The maximum absolute atomic E-state index is 13.4. The first kappa shape index (κ1) is 21.5. The second-order valence-electron chi connectivity index (χ2n) is 7.42. The Kier molecular flexibility index (Phi) is 6.77. The molecule has 2 amide bonds. The molecule has 2 heterocycles. The van der Waals surface area contributed by atoms with Crippen molar-refractivity contribution in [2.24, 2.45) is 0 Å². The van der Waals surface area contributed by atoms with Gasteiger partial charge in [-0.1, -0.05) is 60.7 Å². The van der Waals surface area contributed by atoms with Gasteiger partial charge in [0.25, 0.3) is 11.8 Å². The molecule has 1 N–H and O–H groups in total. The van der Waals surface area contributed by atoms with Gasteiger partial charge in [-0.3, -0.25) is 14.3 Å². The van der Waals surface area contributed by atoms with Gasteiger partial charge in [0.2, 0.25) is 0 Å². The van der Waals surface area contributed by atoms with Gasteiger partial charge in [0.05, 0.1) is 25.1 Å². The van der Waals surface area contributed by atoms with Crippen molar-refractivity contribution in [3.8, 4) is 0 Å². The zero-order valence-electron chi connectivity index (χ0n) is 18.0. The lowest BCUT2D eigenvalue weighted by molar-refractivity contribution is -0.111. The largest absolute Gasteiger partial charge is 0.378 e. The molecule has 7 nitrogen and oxygen atoms in total. The lowest BCUT2D eigenvalue weighted by Crippen LogP contribution is -2.41. The molecule has 0 unspecified atom stereocenters. The molecule has 1 aliphatic heterocycles. The number of hydrogen-bond donors (Lipinski definition) is 1. The van der Waals surface area contributed by atoms with Gasteiger partial charge in [-0.15, -0.1) is 0 Å². The Morgan fingerprint density at radius 3 is 2.34 bits per heavy atom. The molecular weight excluding hydrogens is 404 g/mol. The number of nitrogens with zero attached hydrogens (tertiary/aromatic N) is 3. The molecule has 0 spiro atoms. The fourth-order valence-corrected chi connectivity index (χ4v) is 3.66. The number of aryl methyl sites for hydroxylation is 1. The molecule has 0 bridgehead atoms. The Morgan fingerprint density at radius 1 is 1.03 bits per heavy atom. The van der Waals surface area contributed by atoms with Crippen LogP contribution in [0, 0.1) is 0 Å². The molecule has 164 valence electrons. The van der Waals surface area contributed by atoms with E-state index >= 15 is 0 Å². The van der Waals surface area contributed by atoms with E-state index in [1.807, 2.05) is 73.7 Å². The predicted octanol–water partition coefficient (Wildman–Crippen LogP) is 3.55. The zero-order valence-corrected chi connectivity index (χ0v) is 18.0. The van der Waals surface area contributed by atoms with Gasteiger partial charge in [0.15, 0.2) is 0 Å². The van der Waals surface area contributed by atoms with E-state index in [1.54, 1.807) is 15.8 Å². The first-order valence-corrected chi connectivity index (χ1v) is 10.7. The molecule has 0 radical (unpaired) electrons. The predicted molar refractivity (Wildman–Crippen MR) is 124 cm³/mol. The number of anilines is 1. The number of carbonyl (C=O) groups is 2. The third-order valence-electron chi connectivity index (χ3n) is 5.33. The van der Waals surface area contributed by atoms with E-state index in [0.717, 1.165) is 11.1 Å². The normalized spacial score (nSPS) is 14.3. The molecule has 0 aliphatic carbocycles. The molecule has 2 aromatic carbocycles. The number of hydrogen-bond acceptors (Lipinski definition) is 4. The van der Waals surface area contributed by atoms with Gasteiger partial charge >= 0.3 is 0 Å². The topological polar surface area (TPSA) is 76.5 Å². The molecule has 1 fully saturated rings. The van der Waals surface area contributed by atoms with Crippen molar-refractivity contribution in [3.63, 3.8) is 0 Å².